The van der Waals surface area contributed by atoms with E-state index >= 15 is 0 Å². The lowest BCUT2D eigenvalue weighted by Crippen LogP contribution is -2.26. The summed E-state index contributed by atoms with van der Waals surface area (Å²) < 4.78 is 0. The minimum atomic E-state index is -0.190. The molecule has 1 aliphatic carbocycles. The van der Waals surface area contributed by atoms with Crippen molar-refractivity contribution >= 4 is 23.3 Å². The summed E-state index contributed by atoms with van der Waals surface area (Å²) in [4.78, 5) is 17.9. The first-order chi connectivity index (χ1) is 8.25. The summed E-state index contributed by atoms with van der Waals surface area (Å²) in [7, 11) is 0. The molecule has 1 fully saturated rings. The number of rotatable bonds is 4. The third-order valence-corrected chi connectivity index (χ3v) is 3.90. The van der Waals surface area contributed by atoms with Gasteiger partial charge in [-0.25, -0.2) is 5.48 Å². The van der Waals surface area contributed by atoms with E-state index in [0.717, 1.165) is 17.7 Å². The molecular weight excluding hydrogens is 234 g/mol. The monoisotopic (exact) mass is 251 g/mol. The molecule has 0 spiro atoms. The third kappa shape index (κ3) is 3.68. The van der Waals surface area contributed by atoms with Gasteiger partial charge in [0, 0.05) is 11.0 Å². The van der Waals surface area contributed by atoms with Gasteiger partial charge in [0.25, 0.3) is 5.91 Å². The van der Waals surface area contributed by atoms with Gasteiger partial charge < -0.3 is 0 Å². The van der Waals surface area contributed by atoms with Crippen molar-refractivity contribution in [3.63, 3.8) is 0 Å². The molecule has 4 heteroatoms. The molecular formula is C13H17NO2S. The lowest BCUT2D eigenvalue weighted by Gasteiger charge is -2.09. The second-order valence-corrected chi connectivity index (χ2v) is 5.24. The number of hydrogen-bond donors (Lipinski definition) is 1. The molecule has 17 heavy (non-hydrogen) atoms. The van der Waals surface area contributed by atoms with Gasteiger partial charge in [0.2, 0.25) is 0 Å². The minimum absolute atomic E-state index is 0.190. The summed E-state index contributed by atoms with van der Waals surface area (Å²) in [5, 5.41) is 2.02. The van der Waals surface area contributed by atoms with E-state index in [2.05, 4.69) is 5.48 Å². The molecule has 1 aromatic rings. The van der Waals surface area contributed by atoms with E-state index in [1.807, 2.05) is 24.4 Å². The lowest BCUT2D eigenvalue weighted by molar-refractivity contribution is -0.132. The highest BCUT2D eigenvalue weighted by molar-refractivity contribution is 7.11. The van der Waals surface area contributed by atoms with E-state index in [1.54, 1.807) is 11.3 Å². The summed E-state index contributed by atoms with van der Waals surface area (Å²) in [5.74, 6) is -0.190. The summed E-state index contributed by atoms with van der Waals surface area (Å²) in [6.07, 6.45) is 8.05. The first kappa shape index (κ1) is 12.3. The molecule has 0 saturated heterocycles. The third-order valence-electron chi connectivity index (χ3n) is 2.92. The zero-order valence-electron chi connectivity index (χ0n) is 9.94. The van der Waals surface area contributed by atoms with Crippen molar-refractivity contribution in [1.82, 2.24) is 5.48 Å². The summed E-state index contributed by atoms with van der Waals surface area (Å²) in [5.41, 5.74) is 3.68. The van der Waals surface area contributed by atoms with Gasteiger partial charge in [0.05, 0.1) is 6.10 Å². The Balaban J connectivity index is 1.77. The van der Waals surface area contributed by atoms with Crippen molar-refractivity contribution in [2.45, 2.75) is 38.7 Å². The average Bonchev–Trinajstić information content (AvgIpc) is 2.95. The predicted molar refractivity (Wildman–Crippen MR) is 69.6 cm³/mol. The number of nitrogens with one attached hydrogen (secondary N) is 1. The molecule has 3 nitrogen and oxygen atoms in total. The normalized spacial score (nSPS) is 16.8. The van der Waals surface area contributed by atoms with Crippen molar-refractivity contribution in [3.8, 4) is 0 Å². The second kappa shape index (κ2) is 5.98. The van der Waals surface area contributed by atoms with Crippen molar-refractivity contribution in [3.05, 3.63) is 28.0 Å². The molecule has 0 radical (unpaired) electrons. The van der Waals surface area contributed by atoms with Gasteiger partial charge in [0.15, 0.2) is 0 Å². The molecule has 0 aliphatic heterocycles. The van der Waals surface area contributed by atoms with Gasteiger partial charge in [0.1, 0.15) is 0 Å². The van der Waals surface area contributed by atoms with Crippen LogP contribution in [0, 0.1) is 6.92 Å². The number of thiophene rings is 1. The molecule has 1 aliphatic rings. The maximum Gasteiger partial charge on any atom is 0.267 e. The standard InChI is InChI=1S/C13H17NO2S/c1-10-8-9-17-12(10)6-7-13(15)14-16-11-4-2-3-5-11/h6-9,11H,2-5H2,1H3,(H,14,15)/b7-6+. The van der Waals surface area contributed by atoms with Gasteiger partial charge in [-0.3, -0.25) is 9.63 Å². The van der Waals surface area contributed by atoms with Crippen molar-refractivity contribution < 1.29 is 9.63 Å². The first-order valence-electron chi connectivity index (χ1n) is 5.93. The van der Waals surface area contributed by atoms with Gasteiger partial charge >= 0.3 is 0 Å². The number of amides is 1. The number of aryl methyl sites for hydroxylation is 1. The van der Waals surface area contributed by atoms with Gasteiger partial charge in [-0.15, -0.1) is 11.3 Å². The van der Waals surface area contributed by atoms with Crippen molar-refractivity contribution in [2.24, 2.45) is 0 Å². The fourth-order valence-electron chi connectivity index (χ4n) is 1.89. The second-order valence-electron chi connectivity index (χ2n) is 4.29. The summed E-state index contributed by atoms with van der Waals surface area (Å²) in [6, 6.07) is 2.04. The van der Waals surface area contributed by atoms with E-state index < -0.39 is 0 Å². The van der Waals surface area contributed by atoms with Crippen LogP contribution in [0.25, 0.3) is 6.08 Å². The van der Waals surface area contributed by atoms with E-state index in [-0.39, 0.29) is 12.0 Å². The maximum atomic E-state index is 11.5. The van der Waals surface area contributed by atoms with Gasteiger partial charge in [-0.05, 0) is 42.9 Å². The highest BCUT2D eigenvalue weighted by Crippen LogP contribution is 2.20. The number of hydrogen-bond acceptors (Lipinski definition) is 3. The fourth-order valence-corrected chi connectivity index (χ4v) is 2.71. The van der Waals surface area contributed by atoms with Crippen LogP contribution >= 0.6 is 11.3 Å². The van der Waals surface area contributed by atoms with Gasteiger partial charge in [-0.1, -0.05) is 12.8 Å². The van der Waals surface area contributed by atoms with E-state index in [4.69, 9.17) is 4.84 Å². The lowest BCUT2D eigenvalue weighted by atomic mass is 10.3. The van der Waals surface area contributed by atoms with Crippen LogP contribution in [-0.2, 0) is 9.63 Å². The summed E-state index contributed by atoms with van der Waals surface area (Å²) >= 11 is 1.63. The molecule has 1 aromatic heterocycles. The van der Waals surface area contributed by atoms with E-state index in [9.17, 15) is 4.79 Å². The maximum absolute atomic E-state index is 11.5. The Morgan fingerprint density at radius 3 is 2.94 bits per heavy atom. The molecule has 1 heterocycles. The van der Waals surface area contributed by atoms with Crippen LogP contribution in [0.2, 0.25) is 0 Å². The van der Waals surface area contributed by atoms with Crippen LogP contribution in [-0.4, -0.2) is 12.0 Å². The van der Waals surface area contributed by atoms with Gasteiger partial charge in [-0.2, -0.15) is 0 Å². The molecule has 0 atom stereocenters. The molecule has 0 bridgehead atoms. The minimum Gasteiger partial charge on any atom is -0.270 e. The zero-order chi connectivity index (χ0) is 12.1. The first-order valence-corrected chi connectivity index (χ1v) is 6.81. The molecule has 1 N–H and O–H groups in total. The Morgan fingerprint density at radius 2 is 2.29 bits per heavy atom. The number of carbonyl (C=O) groups excluding carboxylic acids is 1. The van der Waals surface area contributed by atoms with Crippen molar-refractivity contribution in [2.75, 3.05) is 0 Å². The molecule has 0 aromatic carbocycles. The van der Waals surface area contributed by atoms with Crippen LogP contribution < -0.4 is 5.48 Å². The molecule has 92 valence electrons. The Labute approximate surface area is 105 Å². The Kier molecular flexibility index (Phi) is 4.34. The Morgan fingerprint density at radius 1 is 1.53 bits per heavy atom. The molecule has 1 saturated carbocycles. The van der Waals surface area contributed by atoms with E-state index in [1.165, 1.54) is 24.5 Å². The zero-order valence-corrected chi connectivity index (χ0v) is 10.8. The van der Waals surface area contributed by atoms with E-state index in [0.29, 0.717) is 0 Å². The SMILES string of the molecule is Cc1ccsc1/C=C/C(=O)NOC1CCCC1. The highest BCUT2D eigenvalue weighted by atomic mass is 32.1. The quantitative estimate of drug-likeness (QED) is 0.659. The average molecular weight is 251 g/mol. The van der Waals surface area contributed by atoms with Crippen LogP contribution in [0.15, 0.2) is 17.5 Å². The number of hydroxylamine groups is 1. The Bertz CT molecular complexity index is 405. The summed E-state index contributed by atoms with van der Waals surface area (Å²) in [6.45, 7) is 2.03. The molecule has 1 amide bonds. The number of carbonyl (C=O) groups is 1. The van der Waals surface area contributed by atoms with Crippen molar-refractivity contribution in [1.29, 1.82) is 0 Å². The Hall–Kier alpha value is -1.13. The smallest absolute Gasteiger partial charge is 0.267 e. The van der Waals surface area contributed by atoms with Crippen LogP contribution in [0.3, 0.4) is 0 Å². The molecule has 2 rings (SSSR count). The fraction of sp³-hybridized carbons (Fsp3) is 0.462. The predicted octanol–water partition coefficient (Wildman–Crippen LogP) is 3.06. The molecule has 0 unspecified atom stereocenters. The van der Waals surface area contributed by atoms with Crippen LogP contribution in [0.1, 0.15) is 36.1 Å². The van der Waals surface area contributed by atoms with Crippen LogP contribution in [0.4, 0.5) is 0 Å². The topological polar surface area (TPSA) is 38.3 Å². The largest absolute Gasteiger partial charge is 0.270 e. The van der Waals surface area contributed by atoms with Crippen LogP contribution in [0.5, 0.6) is 0 Å². The highest BCUT2D eigenvalue weighted by Gasteiger charge is 2.16.